The van der Waals surface area contributed by atoms with Crippen LogP contribution in [0.1, 0.15) is 64.8 Å². The van der Waals surface area contributed by atoms with E-state index >= 15 is 0 Å². The van der Waals surface area contributed by atoms with Crippen LogP contribution in [0.25, 0.3) is 0 Å². The third kappa shape index (κ3) is 3.89. The molecule has 1 aromatic rings. The molecule has 4 amide bonds. The predicted octanol–water partition coefficient (Wildman–Crippen LogP) is 0.942. The molecule has 4 rings (SSSR count). The SMILES string of the molecule is NC[C@@H]1CCC[C@H](CNCc2cccc3c2C(=O)N(C2CCC(=O)NC2=O)C3=O)C1. The minimum atomic E-state index is -0.939. The Hall–Kier alpha value is -2.58. The Morgan fingerprint density at radius 1 is 1.07 bits per heavy atom. The van der Waals surface area contributed by atoms with Crippen LogP contribution in [-0.2, 0) is 16.1 Å². The van der Waals surface area contributed by atoms with Crippen molar-refractivity contribution in [2.45, 2.75) is 51.1 Å². The number of hydrogen-bond acceptors (Lipinski definition) is 6. The lowest BCUT2D eigenvalue weighted by atomic mass is 9.81. The van der Waals surface area contributed by atoms with E-state index in [-0.39, 0.29) is 18.7 Å². The molecule has 3 aliphatic rings. The fraction of sp³-hybridized carbons (Fsp3) is 0.545. The summed E-state index contributed by atoms with van der Waals surface area (Å²) < 4.78 is 0. The van der Waals surface area contributed by atoms with Gasteiger partial charge in [-0.2, -0.15) is 0 Å². The highest BCUT2D eigenvalue weighted by atomic mass is 16.2. The van der Waals surface area contributed by atoms with Crippen molar-refractivity contribution in [3.8, 4) is 0 Å². The van der Waals surface area contributed by atoms with Crippen molar-refractivity contribution in [3.05, 3.63) is 34.9 Å². The number of benzene rings is 1. The smallest absolute Gasteiger partial charge is 0.262 e. The number of rotatable bonds is 6. The maximum Gasteiger partial charge on any atom is 0.262 e. The number of piperidine rings is 1. The number of imide groups is 2. The summed E-state index contributed by atoms with van der Waals surface area (Å²) in [6.07, 6.45) is 4.97. The molecule has 4 N–H and O–H groups in total. The zero-order valence-electron chi connectivity index (χ0n) is 17.0. The molecule has 8 heteroatoms. The number of nitrogens with zero attached hydrogens (tertiary/aromatic N) is 1. The molecule has 2 fully saturated rings. The quantitative estimate of drug-likeness (QED) is 0.598. The van der Waals surface area contributed by atoms with Gasteiger partial charge in [-0.05, 0) is 62.2 Å². The van der Waals surface area contributed by atoms with Crippen molar-refractivity contribution in [2.75, 3.05) is 13.1 Å². The van der Waals surface area contributed by atoms with Crippen molar-refractivity contribution in [2.24, 2.45) is 17.6 Å². The number of hydrogen-bond donors (Lipinski definition) is 3. The predicted molar refractivity (Wildman–Crippen MR) is 109 cm³/mol. The van der Waals surface area contributed by atoms with Crippen LogP contribution in [0.4, 0.5) is 0 Å². The molecule has 1 saturated carbocycles. The Kier molecular flexibility index (Phi) is 5.97. The lowest BCUT2D eigenvalue weighted by Crippen LogP contribution is -2.54. The Bertz CT molecular complexity index is 884. The first-order valence-electron chi connectivity index (χ1n) is 10.7. The minimum Gasteiger partial charge on any atom is -0.330 e. The largest absolute Gasteiger partial charge is 0.330 e. The molecule has 3 atom stereocenters. The van der Waals surface area contributed by atoms with E-state index in [9.17, 15) is 19.2 Å². The van der Waals surface area contributed by atoms with Crippen LogP contribution in [0.2, 0.25) is 0 Å². The molecule has 1 aromatic carbocycles. The van der Waals surface area contributed by atoms with Gasteiger partial charge in [0.05, 0.1) is 11.1 Å². The molecule has 30 heavy (non-hydrogen) atoms. The van der Waals surface area contributed by atoms with Crippen LogP contribution >= 0.6 is 0 Å². The summed E-state index contributed by atoms with van der Waals surface area (Å²) in [5.74, 6) is -0.731. The van der Waals surface area contributed by atoms with Crippen LogP contribution in [0.5, 0.6) is 0 Å². The second-order valence-corrected chi connectivity index (χ2v) is 8.55. The van der Waals surface area contributed by atoms with Gasteiger partial charge in [-0.3, -0.25) is 29.4 Å². The number of carbonyl (C=O) groups is 4. The third-order valence-corrected chi connectivity index (χ3v) is 6.53. The number of carbonyl (C=O) groups excluding carboxylic acids is 4. The maximum atomic E-state index is 13.1. The van der Waals surface area contributed by atoms with Gasteiger partial charge in [-0.1, -0.05) is 18.6 Å². The lowest BCUT2D eigenvalue weighted by molar-refractivity contribution is -0.136. The maximum absolute atomic E-state index is 13.1. The van der Waals surface area contributed by atoms with Crippen LogP contribution in [-0.4, -0.2) is 47.7 Å². The van der Waals surface area contributed by atoms with E-state index in [1.54, 1.807) is 12.1 Å². The fourth-order valence-electron chi connectivity index (χ4n) is 4.94. The summed E-state index contributed by atoms with van der Waals surface area (Å²) in [6, 6.07) is 4.29. The van der Waals surface area contributed by atoms with Gasteiger partial charge < -0.3 is 11.1 Å². The third-order valence-electron chi connectivity index (χ3n) is 6.53. The highest BCUT2D eigenvalue weighted by Crippen LogP contribution is 2.31. The van der Waals surface area contributed by atoms with E-state index in [1.165, 1.54) is 19.3 Å². The number of amides is 4. The van der Waals surface area contributed by atoms with E-state index in [0.717, 1.165) is 30.0 Å². The Morgan fingerprint density at radius 2 is 1.87 bits per heavy atom. The summed E-state index contributed by atoms with van der Waals surface area (Å²) in [4.78, 5) is 50.6. The van der Waals surface area contributed by atoms with Gasteiger partial charge in [0.15, 0.2) is 0 Å². The molecule has 1 unspecified atom stereocenters. The molecule has 1 saturated heterocycles. The van der Waals surface area contributed by atoms with Crippen molar-refractivity contribution in [3.63, 3.8) is 0 Å². The summed E-state index contributed by atoms with van der Waals surface area (Å²) in [5.41, 5.74) is 7.27. The van der Waals surface area contributed by atoms with Crippen molar-refractivity contribution < 1.29 is 19.2 Å². The standard InChI is InChI=1S/C22H28N4O4/c23-10-13-3-1-4-14(9-13)11-24-12-15-5-2-6-16-19(15)22(30)26(21(16)29)17-7-8-18(27)25-20(17)28/h2,5-6,13-14,17,24H,1,3-4,7-12,23H2,(H,25,27,28)/t13-,14+,17?/m1/s1. The summed E-state index contributed by atoms with van der Waals surface area (Å²) in [5, 5.41) is 5.67. The van der Waals surface area contributed by atoms with Crippen LogP contribution < -0.4 is 16.4 Å². The van der Waals surface area contributed by atoms with Gasteiger partial charge in [-0.15, -0.1) is 0 Å². The highest BCUT2D eigenvalue weighted by molar-refractivity contribution is 6.24. The second kappa shape index (κ2) is 8.65. The molecule has 160 valence electrons. The summed E-state index contributed by atoms with van der Waals surface area (Å²) >= 11 is 0. The van der Waals surface area contributed by atoms with Gasteiger partial charge in [0.2, 0.25) is 11.8 Å². The van der Waals surface area contributed by atoms with Gasteiger partial charge in [0.25, 0.3) is 11.8 Å². The average Bonchev–Trinajstić information content (AvgIpc) is 2.99. The van der Waals surface area contributed by atoms with Gasteiger partial charge in [0, 0.05) is 13.0 Å². The molecule has 2 heterocycles. The van der Waals surface area contributed by atoms with Crippen LogP contribution in [0.15, 0.2) is 18.2 Å². The molecule has 0 aromatic heterocycles. The fourth-order valence-corrected chi connectivity index (χ4v) is 4.94. The highest BCUT2D eigenvalue weighted by Gasteiger charge is 2.45. The van der Waals surface area contributed by atoms with Gasteiger partial charge in [-0.25, -0.2) is 0 Å². The molecular weight excluding hydrogens is 384 g/mol. The van der Waals surface area contributed by atoms with Crippen LogP contribution in [0, 0.1) is 11.8 Å². The van der Waals surface area contributed by atoms with E-state index in [4.69, 9.17) is 5.73 Å². The zero-order chi connectivity index (χ0) is 21.3. The number of fused-ring (bicyclic) bond motifs is 1. The second-order valence-electron chi connectivity index (χ2n) is 8.55. The minimum absolute atomic E-state index is 0.114. The molecule has 0 bridgehead atoms. The molecule has 0 radical (unpaired) electrons. The lowest BCUT2D eigenvalue weighted by Gasteiger charge is -2.28. The Labute approximate surface area is 175 Å². The first kappa shape index (κ1) is 20.7. The first-order valence-corrected chi connectivity index (χ1v) is 10.7. The normalized spacial score (nSPS) is 26.7. The van der Waals surface area contributed by atoms with Crippen molar-refractivity contribution in [1.29, 1.82) is 0 Å². The summed E-state index contributed by atoms with van der Waals surface area (Å²) in [7, 11) is 0. The van der Waals surface area contributed by atoms with Crippen molar-refractivity contribution >= 4 is 23.6 Å². The monoisotopic (exact) mass is 412 g/mol. The van der Waals surface area contributed by atoms with Gasteiger partial charge in [0.1, 0.15) is 6.04 Å². The van der Waals surface area contributed by atoms with Crippen LogP contribution in [0.3, 0.4) is 0 Å². The molecule has 2 aliphatic heterocycles. The summed E-state index contributed by atoms with van der Waals surface area (Å²) in [6.45, 7) is 2.06. The van der Waals surface area contributed by atoms with E-state index in [0.29, 0.717) is 29.5 Å². The average molecular weight is 412 g/mol. The molecular formula is C22H28N4O4. The van der Waals surface area contributed by atoms with E-state index in [1.807, 2.05) is 6.07 Å². The van der Waals surface area contributed by atoms with Gasteiger partial charge >= 0.3 is 0 Å². The van der Waals surface area contributed by atoms with Crippen molar-refractivity contribution in [1.82, 2.24) is 15.5 Å². The Morgan fingerprint density at radius 3 is 2.63 bits per heavy atom. The molecule has 8 nitrogen and oxygen atoms in total. The Balaban J connectivity index is 1.45. The van der Waals surface area contributed by atoms with E-state index in [2.05, 4.69) is 10.6 Å². The number of nitrogens with two attached hydrogens (primary N) is 1. The molecule has 0 spiro atoms. The topological polar surface area (TPSA) is 122 Å². The van der Waals surface area contributed by atoms with E-state index < -0.39 is 23.8 Å². The first-order chi connectivity index (χ1) is 14.5. The molecule has 1 aliphatic carbocycles. The zero-order valence-corrected chi connectivity index (χ0v) is 17.0. The number of nitrogens with one attached hydrogen (secondary N) is 2.